The molecule has 1 aromatic carbocycles. The Morgan fingerprint density at radius 1 is 1.11 bits per heavy atom. The fraction of sp³-hybridized carbons (Fsp3) is 0.300. The Kier molecular flexibility index (Phi) is 5.04. The highest BCUT2D eigenvalue weighted by atomic mass is 32.2. The monoisotopic (exact) mass is 400 g/mol. The first-order valence-corrected chi connectivity index (χ1v) is 10.8. The van der Waals surface area contributed by atoms with Gasteiger partial charge in [-0.2, -0.15) is 0 Å². The standard InChI is InChI=1S/C20H20N2O5S/c23-20(18-13-19(27-21-18)15-5-2-1-3-6-15)22-10-8-17(9-11-22)28(24,25)14-16-7-4-12-26-16/h1-7,12-13,17H,8-11,14H2. The van der Waals surface area contributed by atoms with Gasteiger partial charge in [0.2, 0.25) is 0 Å². The number of nitrogens with zero attached hydrogens (tertiary/aromatic N) is 2. The molecule has 1 fully saturated rings. The molecule has 1 aliphatic heterocycles. The van der Waals surface area contributed by atoms with Crippen molar-refractivity contribution in [3.63, 3.8) is 0 Å². The van der Waals surface area contributed by atoms with Crippen molar-refractivity contribution in [2.75, 3.05) is 13.1 Å². The van der Waals surface area contributed by atoms with Crippen LogP contribution in [0.25, 0.3) is 11.3 Å². The maximum atomic E-state index is 12.7. The van der Waals surface area contributed by atoms with Gasteiger partial charge in [-0.25, -0.2) is 8.42 Å². The smallest absolute Gasteiger partial charge is 0.276 e. The lowest BCUT2D eigenvalue weighted by Crippen LogP contribution is -2.42. The highest BCUT2D eigenvalue weighted by Gasteiger charge is 2.33. The number of carbonyl (C=O) groups is 1. The molecule has 0 spiro atoms. The summed E-state index contributed by atoms with van der Waals surface area (Å²) in [5, 5.41) is 3.42. The Hall–Kier alpha value is -2.87. The van der Waals surface area contributed by atoms with E-state index in [2.05, 4.69) is 5.16 Å². The van der Waals surface area contributed by atoms with E-state index in [-0.39, 0.29) is 17.4 Å². The fourth-order valence-electron chi connectivity index (χ4n) is 3.41. The molecule has 0 atom stereocenters. The Labute approximate surface area is 162 Å². The van der Waals surface area contributed by atoms with Crippen LogP contribution >= 0.6 is 0 Å². The van der Waals surface area contributed by atoms with Gasteiger partial charge < -0.3 is 13.8 Å². The third kappa shape index (κ3) is 3.87. The number of rotatable bonds is 5. The molecule has 0 unspecified atom stereocenters. The molecule has 3 aromatic rings. The second-order valence-corrected chi connectivity index (χ2v) is 9.10. The second-order valence-electron chi connectivity index (χ2n) is 6.82. The zero-order chi connectivity index (χ0) is 19.6. The van der Waals surface area contributed by atoms with E-state index in [1.54, 1.807) is 23.1 Å². The number of piperidine rings is 1. The fourth-order valence-corrected chi connectivity index (χ4v) is 5.13. The zero-order valence-electron chi connectivity index (χ0n) is 15.2. The molecule has 0 N–H and O–H groups in total. The topological polar surface area (TPSA) is 93.6 Å². The minimum Gasteiger partial charge on any atom is -0.468 e. The van der Waals surface area contributed by atoms with Crippen molar-refractivity contribution in [3.05, 3.63) is 66.2 Å². The summed E-state index contributed by atoms with van der Waals surface area (Å²) in [6.07, 6.45) is 2.27. The summed E-state index contributed by atoms with van der Waals surface area (Å²) in [6, 6.07) is 14.4. The van der Waals surface area contributed by atoms with Crippen molar-refractivity contribution >= 4 is 15.7 Å². The predicted octanol–water partition coefficient (Wildman–Crippen LogP) is 3.15. The van der Waals surface area contributed by atoms with Gasteiger partial charge in [0.05, 0.1) is 11.5 Å². The Balaban J connectivity index is 1.38. The minimum atomic E-state index is -3.32. The highest BCUT2D eigenvalue weighted by molar-refractivity contribution is 7.91. The first-order valence-electron chi connectivity index (χ1n) is 9.08. The van der Waals surface area contributed by atoms with Crippen molar-refractivity contribution in [2.24, 2.45) is 0 Å². The maximum absolute atomic E-state index is 12.7. The molecule has 2 aromatic heterocycles. The van der Waals surface area contributed by atoms with Gasteiger partial charge in [0.15, 0.2) is 21.3 Å². The van der Waals surface area contributed by atoms with Crippen LogP contribution in [0, 0.1) is 0 Å². The van der Waals surface area contributed by atoms with Crippen molar-refractivity contribution in [1.29, 1.82) is 0 Å². The van der Waals surface area contributed by atoms with Crippen LogP contribution in [-0.4, -0.2) is 42.7 Å². The molecule has 7 nitrogen and oxygen atoms in total. The van der Waals surface area contributed by atoms with Crippen molar-refractivity contribution < 1.29 is 22.2 Å². The lowest BCUT2D eigenvalue weighted by molar-refractivity contribution is 0.0715. The normalized spacial score (nSPS) is 15.6. The average molecular weight is 400 g/mol. The van der Waals surface area contributed by atoms with E-state index >= 15 is 0 Å². The average Bonchev–Trinajstić information content (AvgIpc) is 3.40. The van der Waals surface area contributed by atoms with Crippen LogP contribution in [0.3, 0.4) is 0 Å². The Morgan fingerprint density at radius 2 is 1.86 bits per heavy atom. The van der Waals surface area contributed by atoms with Crippen LogP contribution in [0.15, 0.2) is 63.7 Å². The maximum Gasteiger partial charge on any atom is 0.276 e. The molecule has 1 saturated heterocycles. The van der Waals surface area contributed by atoms with Gasteiger partial charge in [0.25, 0.3) is 5.91 Å². The molecule has 0 bridgehead atoms. The van der Waals surface area contributed by atoms with E-state index in [1.807, 2.05) is 30.3 Å². The molecular formula is C20H20N2O5S. The van der Waals surface area contributed by atoms with E-state index in [4.69, 9.17) is 8.94 Å². The van der Waals surface area contributed by atoms with Gasteiger partial charge in [-0.3, -0.25) is 4.79 Å². The van der Waals surface area contributed by atoms with Crippen molar-refractivity contribution in [2.45, 2.75) is 23.8 Å². The minimum absolute atomic E-state index is 0.109. The lowest BCUT2D eigenvalue weighted by Gasteiger charge is -2.31. The molecular weight excluding hydrogens is 380 g/mol. The summed E-state index contributed by atoms with van der Waals surface area (Å²) in [4.78, 5) is 14.3. The van der Waals surface area contributed by atoms with Gasteiger partial charge in [0, 0.05) is 24.7 Å². The number of amides is 1. The molecule has 0 aliphatic carbocycles. The van der Waals surface area contributed by atoms with E-state index < -0.39 is 15.1 Å². The Bertz CT molecular complexity index is 1030. The second kappa shape index (κ2) is 7.63. The van der Waals surface area contributed by atoms with Gasteiger partial charge in [-0.05, 0) is 25.0 Å². The number of carbonyl (C=O) groups excluding carboxylic acids is 1. The van der Waals surface area contributed by atoms with Crippen LogP contribution in [0.5, 0.6) is 0 Å². The summed E-state index contributed by atoms with van der Waals surface area (Å²) < 4.78 is 35.6. The van der Waals surface area contributed by atoms with E-state index in [0.717, 1.165) is 5.56 Å². The van der Waals surface area contributed by atoms with E-state index in [9.17, 15) is 13.2 Å². The van der Waals surface area contributed by atoms with Crippen LogP contribution in [0.2, 0.25) is 0 Å². The number of benzene rings is 1. The molecule has 3 heterocycles. The number of aromatic nitrogens is 1. The SMILES string of the molecule is O=C(c1cc(-c2ccccc2)on1)N1CCC(S(=O)(=O)Cc2ccco2)CC1. The van der Waals surface area contributed by atoms with Crippen LogP contribution in [0.1, 0.15) is 29.1 Å². The van der Waals surface area contributed by atoms with Crippen LogP contribution in [-0.2, 0) is 15.6 Å². The van der Waals surface area contributed by atoms with Gasteiger partial charge in [-0.1, -0.05) is 35.5 Å². The van der Waals surface area contributed by atoms with Crippen LogP contribution in [0.4, 0.5) is 0 Å². The predicted molar refractivity (Wildman–Crippen MR) is 102 cm³/mol. The van der Waals surface area contributed by atoms with Crippen LogP contribution < -0.4 is 0 Å². The third-order valence-corrected chi connectivity index (χ3v) is 7.12. The zero-order valence-corrected chi connectivity index (χ0v) is 16.0. The van der Waals surface area contributed by atoms with Crippen molar-refractivity contribution in [1.82, 2.24) is 10.1 Å². The molecule has 1 amide bonds. The summed E-state index contributed by atoms with van der Waals surface area (Å²) in [6.45, 7) is 0.739. The highest BCUT2D eigenvalue weighted by Crippen LogP contribution is 2.24. The van der Waals surface area contributed by atoms with Crippen molar-refractivity contribution in [3.8, 4) is 11.3 Å². The van der Waals surface area contributed by atoms with Gasteiger partial charge in [0.1, 0.15) is 11.5 Å². The number of likely N-dealkylation sites (tertiary alicyclic amines) is 1. The molecule has 28 heavy (non-hydrogen) atoms. The lowest BCUT2D eigenvalue weighted by atomic mass is 10.1. The number of hydrogen-bond donors (Lipinski definition) is 0. The first-order chi connectivity index (χ1) is 13.5. The molecule has 8 heteroatoms. The number of sulfone groups is 1. The summed E-state index contributed by atoms with van der Waals surface area (Å²) in [5.74, 6) is 0.615. The summed E-state index contributed by atoms with van der Waals surface area (Å²) in [5.41, 5.74) is 1.08. The van der Waals surface area contributed by atoms with E-state index in [0.29, 0.717) is 37.5 Å². The molecule has 1 aliphatic rings. The molecule has 146 valence electrons. The summed E-state index contributed by atoms with van der Waals surface area (Å²) in [7, 11) is -3.32. The quantitative estimate of drug-likeness (QED) is 0.653. The number of furan rings is 1. The van der Waals surface area contributed by atoms with Gasteiger partial charge >= 0.3 is 0 Å². The largest absolute Gasteiger partial charge is 0.468 e. The third-order valence-electron chi connectivity index (χ3n) is 4.95. The Morgan fingerprint density at radius 3 is 2.54 bits per heavy atom. The number of hydrogen-bond acceptors (Lipinski definition) is 6. The van der Waals surface area contributed by atoms with E-state index in [1.165, 1.54) is 6.26 Å². The first kappa shape index (κ1) is 18.5. The molecule has 4 rings (SSSR count). The molecule has 0 saturated carbocycles. The summed E-state index contributed by atoms with van der Waals surface area (Å²) >= 11 is 0. The molecule has 0 radical (unpaired) electrons. The van der Waals surface area contributed by atoms with Gasteiger partial charge in [-0.15, -0.1) is 0 Å².